The third-order valence-corrected chi connectivity index (χ3v) is 5.37. The Hall–Kier alpha value is -0.180. The molecule has 0 unspecified atom stereocenters. The first-order valence-electron chi connectivity index (χ1n) is 10.1. The van der Waals surface area contributed by atoms with Gasteiger partial charge in [-0.3, -0.25) is 4.79 Å². The van der Waals surface area contributed by atoms with Crippen LogP contribution in [0.25, 0.3) is 0 Å². The van der Waals surface area contributed by atoms with Crippen molar-refractivity contribution in [3.05, 3.63) is 0 Å². The minimum atomic E-state index is -0.652. The molecule has 0 bridgehead atoms. The summed E-state index contributed by atoms with van der Waals surface area (Å²) in [7, 11) is 0. The maximum Gasteiger partial charge on any atom is 0.303 e. The zero-order valence-electron chi connectivity index (χ0n) is 15.5. The fraction of sp³-hybridized carbons (Fsp3) is 0.950. The molecule has 3 heteroatoms. The zero-order chi connectivity index (χ0) is 17.0. The molecule has 2 nitrogen and oxygen atoms in total. The first kappa shape index (κ1) is 22.8. The highest BCUT2D eigenvalue weighted by atomic mass is 32.2. The normalized spacial score (nSPS) is 11.0. The number of aliphatic carboxylic acids is 1. The van der Waals surface area contributed by atoms with Gasteiger partial charge in [0.1, 0.15) is 0 Å². The predicted molar refractivity (Wildman–Crippen MR) is 105 cm³/mol. The lowest BCUT2D eigenvalue weighted by atomic mass is 10.0. The molecule has 0 aliphatic carbocycles. The highest BCUT2D eigenvalue weighted by molar-refractivity contribution is 7.99. The lowest BCUT2D eigenvalue weighted by molar-refractivity contribution is -0.137. The molecule has 0 fully saturated rings. The molecule has 0 spiro atoms. The molecule has 138 valence electrons. The molecule has 0 aromatic carbocycles. The topological polar surface area (TPSA) is 37.3 Å². The Balaban J connectivity index is 2.96. The average molecular weight is 345 g/mol. The molecule has 0 saturated heterocycles. The largest absolute Gasteiger partial charge is 0.481 e. The molecule has 0 atom stereocenters. The maximum atomic E-state index is 10.4. The van der Waals surface area contributed by atoms with Gasteiger partial charge in [0.05, 0.1) is 0 Å². The van der Waals surface area contributed by atoms with Gasteiger partial charge in [-0.2, -0.15) is 11.8 Å². The van der Waals surface area contributed by atoms with Gasteiger partial charge < -0.3 is 5.11 Å². The van der Waals surface area contributed by atoms with Crippen molar-refractivity contribution in [1.29, 1.82) is 0 Å². The van der Waals surface area contributed by atoms with Crippen molar-refractivity contribution < 1.29 is 9.90 Å². The summed E-state index contributed by atoms with van der Waals surface area (Å²) in [5.74, 6) is 1.97. The summed E-state index contributed by atoms with van der Waals surface area (Å²) in [5.41, 5.74) is 0. The standard InChI is InChI=1S/C20H40O2S/c1-2-23-19-17-15-13-11-9-7-5-3-4-6-8-10-12-14-16-18-20(21)22/h2-19H2,1H3,(H,21,22). The minimum Gasteiger partial charge on any atom is -0.481 e. The van der Waals surface area contributed by atoms with Crippen LogP contribution in [0.3, 0.4) is 0 Å². The van der Waals surface area contributed by atoms with E-state index >= 15 is 0 Å². The second kappa shape index (κ2) is 19.9. The van der Waals surface area contributed by atoms with Crippen molar-refractivity contribution in [3.8, 4) is 0 Å². The van der Waals surface area contributed by atoms with Crippen LogP contribution in [-0.4, -0.2) is 22.6 Å². The van der Waals surface area contributed by atoms with Crippen LogP contribution in [0.15, 0.2) is 0 Å². The van der Waals surface area contributed by atoms with E-state index in [1.54, 1.807) is 0 Å². The van der Waals surface area contributed by atoms with E-state index in [-0.39, 0.29) is 0 Å². The third kappa shape index (κ3) is 21.8. The molecule has 0 amide bonds. The van der Waals surface area contributed by atoms with Gasteiger partial charge in [-0.15, -0.1) is 0 Å². The number of carboxylic acid groups (broad SMARTS) is 1. The van der Waals surface area contributed by atoms with Gasteiger partial charge in [-0.1, -0.05) is 90.4 Å². The molecule has 0 heterocycles. The third-order valence-electron chi connectivity index (χ3n) is 4.38. The summed E-state index contributed by atoms with van der Waals surface area (Å²) in [6.45, 7) is 2.24. The van der Waals surface area contributed by atoms with E-state index in [2.05, 4.69) is 18.7 Å². The second-order valence-corrected chi connectivity index (χ2v) is 8.04. The van der Waals surface area contributed by atoms with Gasteiger partial charge in [-0.05, 0) is 24.3 Å². The summed E-state index contributed by atoms with van der Waals surface area (Å²) in [6.07, 6.45) is 20.3. The monoisotopic (exact) mass is 344 g/mol. The van der Waals surface area contributed by atoms with Crippen molar-refractivity contribution in [2.45, 2.75) is 110 Å². The van der Waals surface area contributed by atoms with Crippen molar-refractivity contribution >= 4 is 17.7 Å². The lowest BCUT2D eigenvalue weighted by Gasteiger charge is -2.03. The second-order valence-electron chi connectivity index (χ2n) is 6.64. The lowest BCUT2D eigenvalue weighted by Crippen LogP contribution is -1.93. The Bertz CT molecular complexity index is 244. The van der Waals surface area contributed by atoms with E-state index in [0.29, 0.717) is 6.42 Å². The van der Waals surface area contributed by atoms with Crippen LogP contribution in [0.1, 0.15) is 110 Å². The number of carbonyl (C=O) groups is 1. The zero-order valence-corrected chi connectivity index (χ0v) is 16.3. The Kier molecular flexibility index (Phi) is 19.7. The SMILES string of the molecule is CCSCCCCCCCCCCCCCCCCCC(=O)O. The smallest absolute Gasteiger partial charge is 0.303 e. The molecule has 0 radical (unpaired) electrons. The number of unbranched alkanes of at least 4 members (excludes halogenated alkanes) is 14. The van der Waals surface area contributed by atoms with Crippen molar-refractivity contribution in [1.82, 2.24) is 0 Å². The Morgan fingerprint density at radius 3 is 1.35 bits per heavy atom. The molecule has 23 heavy (non-hydrogen) atoms. The van der Waals surface area contributed by atoms with E-state index in [1.807, 2.05) is 0 Å². The van der Waals surface area contributed by atoms with Crippen LogP contribution >= 0.6 is 11.8 Å². The van der Waals surface area contributed by atoms with Crippen molar-refractivity contribution in [2.24, 2.45) is 0 Å². The maximum absolute atomic E-state index is 10.4. The molecule has 0 aliphatic heterocycles. The van der Waals surface area contributed by atoms with Crippen LogP contribution in [0.5, 0.6) is 0 Å². The highest BCUT2D eigenvalue weighted by Crippen LogP contribution is 2.14. The molecule has 0 saturated carbocycles. The van der Waals surface area contributed by atoms with Crippen LogP contribution in [0.4, 0.5) is 0 Å². The number of carboxylic acids is 1. The van der Waals surface area contributed by atoms with Crippen LogP contribution in [0.2, 0.25) is 0 Å². The average Bonchev–Trinajstić information content (AvgIpc) is 2.53. The first-order valence-corrected chi connectivity index (χ1v) is 11.2. The Morgan fingerprint density at radius 1 is 0.652 bits per heavy atom. The number of hydrogen-bond donors (Lipinski definition) is 1. The minimum absolute atomic E-state index is 0.345. The van der Waals surface area contributed by atoms with Crippen LogP contribution in [0, 0.1) is 0 Å². The van der Waals surface area contributed by atoms with Gasteiger partial charge in [0.2, 0.25) is 0 Å². The molecule has 0 aliphatic rings. The first-order chi connectivity index (χ1) is 11.3. The van der Waals surface area contributed by atoms with Crippen molar-refractivity contribution in [2.75, 3.05) is 11.5 Å². The Labute approximate surface area is 149 Å². The van der Waals surface area contributed by atoms with E-state index in [4.69, 9.17) is 5.11 Å². The van der Waals surface area contributed by atoms with Gasteiger partial charge in [0.15, 0.2) is 0 Å². The van der Waals surface area contributed by atoms with Crippen molar-refractivity contribution in [3.63, 3.8) is 0 Å². The predicted octanol–water partition coefficient (Wildman–Crippen LogP) is 7.07. The molecule has 0 aromatic heterocycles. The molecule has 0 aromatic rings. The summed E-state index contributed by atoms with van der Waals surface area (Å²) in [6, 6.07) is 0. The van der Waals surface area contributed by atoms with E-state index in [9.17, 15) is 4.79 Å². The number of hydrogen-bond acceptors (Lipinski definition) is 2. The highest BCUT2D eigenvalue weighted by Gasteiger charge is 1.97. The molecule has 1 N–H and O–H groups in total. The Morgan fingerprint density at radius 2 is 1.00 bits per heavy atom. The summed E-state index contributed by atoms with van der Waals surface area (Å²) >= 11 is 2.07. The van der Waals surface area contributed by atoms with Crippen LogP contribution in [-0.2, 0) is 4.79 Å². The quantitative estimate of drug-likeness (QED) is 0.255. The summed E-state index contributed by atoms with van der Waals surface area (Å²) in [5, 5.41) is 8.55. The molecular weight excluding hydrogens is 304 g/mol. The van der Waals surface area contributed by atoms with Gasteiger partial charge in [0.25, 0.3) is 0 Å². The van der Waals surface area contributed by atoms with Gasteiger partial charge in [-0.25, -0.2) is 0 Å². The van der Waals surface area contributed by atoms with E-state index in [1.165, 1.54) is 95.0 Å². The fourth-order valence-corrected chi connectivity index (χ4v) is 3.62. The van der Waals surface area contributed by atoms with Gasteiger partial charge >= 0.3 is 5.97 Å². The fourth-order valence-electron chi connectivity index (χ4n) is 2.92. The van der Waals surface area contributed by atoms with Gasteiger partial charge in [0, 0.05) is 6.42 Å². The van der Waals surface area contributed by atoms with E-state index < -0.39 is 5.97 Å². The summed E-state index contributed by atoms with van der Waals surface area (Å²) in [4.78, 5) is 10.4. The number of rotatable bonds is 19. The van der Waals surface area contributed by atoms with E-state index in [0.717, 1.165) is 12.8 Å². The molecular formula is C20H40O2S. The number of thioether (sulfide) groups is 1. The van der Waals surface area contributed by atoms with Crippen LogP contribution < -0.4 is 0 Å². The molecule has 0 rings (SSSR count). The summed E-state index contributed by atoms with van der Waals surface area (Å²) < 4.78 is 0.